The second-order valence-corrected chi connectivity index (χ2v) is 8.24. The van der Waals surface area contributed by atoms with Crippen LogP contribution < -0.4 is 4.74 Å². The molecule has 2 saturated heterocycles. The van der Waals surface area contributed by atoms with Gasteiger partial charge in [-0.25, -0.2) is 0 Å². The van der Waals surface area contributed by atoms with Crippen molar-refractivity contribution in [2.45, 2.75) is 19.4 Å². The molecule has 8 heteroatoms. The number of methoxy groups -OCH3 is 1. The number of aryl methyl sites for hydroxylation is 1. The Morgan fingerprint density at radius 3 is 2.64 bits per heavy atom. The summed E-state index contributed by atoms with van der Waals surface area (Å²) in [5, 5.41) is 11.2. The second-order valence-electron chi connectivity index (χ2n) is 8.24. The highest BCUT2D eigenvalue weighted by molar-refractivity contribution is 6.46. The summed E-state index contributed by atoms with van der Waals surface area (Å²) >= 11 is 0. The van der Waals surface area contributed by atoms with E-state index in [1.807, 2.05) is 13.0 Å². The van der Waals surface area contributed by atoms with Crippen LogP contribution in [-0.2, 0) is 14.3 Å². The molecule has 0 radical (unpaired) electrons. The minimum absolute atomic E-state index is 0.0645. The van der Waals surface area contributed by atoms with Crippen LogP contribution in [0.5, 0.6) is 5.75 Å². The summed E-state index contributed by atoms with van der Waals surface area (Å²) in [7, 11) is 1.57. The van der Waals surface area contributed by atoms with Gasteiger partial charge in [0.2, 0.25) is 0 Å². The molecule has 1 amide bonds. The van der Waals surface area contributed by atoms with Crippen molar-refractivity contribution in [3.63, 3.8) is 0 Å². The van der Waals surface area contributed by atoms with E-state index in [1.54, 1.807) is 43.6 Å². The summed E-state index contributed by atoms with van der Waals surface area (Å²) in [6, 6.07) is 9.79. The number of rotatable bonds is 7. The van der Waals surface area contributed by atoms with Gasteiger partial charge in [-0.3, -0.25) is 19.5 Å². The zero-order valence-corrected chi connectivity index (χ0v) is 19.0. The third-order valence-electron chi connectivity index (χ3n) is 6.15. The number of Topliss-reactive ketones (excluding diaryl/α,β-unsaturated/α-hetero) is 1. The highest BCUT2D eigenvalue weighted by Gasteiger charge is 2.46. The third kappa shape index (κ3) is 4.77. The first kappa shape index (κ1) is 22.9. The summed E-state index contributed by atoms with van der Waals surface area (Å²) in [5.41, 5.74) is 1.89. The van der Waals surface area contributed by atoms with E-state index in [-0.39, 0.29) is 11.3 Å². The summed E-state index contributed by atoms with van der Waals surface area (Å²) in [5.74, 6) is -0.829. The number of likely N-dealkylation sites (tertiary alicyclic amines) is 1. The van der Waals surface area contributed by atoms with E-state index in [4.69, 9.17) is 9.47 Å². The van der Waals surface area contributed by atoms with E-state index in [0.29, 0.717) is 43.2 Å². The number of amides is 1. The number of hydrogen-bond acceptors (Lipinski definition) is 7. The molecule has 2 fully saturated rings. The molecular weight excluding hydrogens is 422 g/mol. The van der Waals surface area contributed by atoms with E-state index in [1.165, 1.54) is 4.90 Å². The summed E-state index contributed by atoms with van der Waals surface area (Å²) < 4.78 is 10.7. The molecule has 1 aromatic carbocycles. The summed E-state index contributed by atoms with van der Waals surface area (Å²) in [6.07, 6.45) is 2.33. The fraction of sp³-hybridized carbons (Fsp3) is 0.400. The van der Waals surface area contributed by atoms with Crippen LogP contribution in [0.4, 0.5) is 0 Å². The van der Waals surface area contributed by atoms with Crippen LogP contribution >= 0.6 is 0 Å². The van der Waals surface area contributed by atoms with E-state index in [0.717, 1.165) is 25.2 Å². The summed E-state index contributed by atoms with van der Waals surface area (Å²) in [6.45, 7) is 6.19. The zero-order valence-electron chi connectivity index (χ0n) is 19.0. The van der Waals surface area contributed by atoms with Crippen molar-refractivity contribution in [3.8, 4) is 5.75 Å². The van der Waals surface area contributed by atoms with Gasteiger partial charge in [0.1, 0.15) is 17.6 Å². The molecule has 1 aromatic heterocycles. The Morgan fingerprint density at radius 1 is 1.18 bits per heavy atom. The monoisotopic (exact) mass is 451 g/mol. The normalized spacial score (nSPS) is 20.9. The van der Waals surface area contributed by atoms with Crippen molar-refractivity contribution in [3.05, 3.63) is 65.0 Å². The molecule has 1 unspecified atom stereocenters. The van der Waals surface area contributed by atoms with Crippen LogP contribution in [0.1, 0.15) is 29.3 Å². The highest BCUT2D eigenvalue weighted by atomic mass is 16.5. The van der Waals surface area contributed by atoms with Gasteiger partial charge < -0.3 is 19.5 Å². The molecule has 33 heavy (non-hydrogen) atoms. The maximum atomic E-state index is 13.1. The van der Waals surface area contributed by atoms with Gasteiger partial charge in [0.25, 0.3) is 11.7 Å². The number of hydrogen-bond donors (Lipinski definition) is 1. The van der Waals surface area contributed by atoms with Crippen LogP contribution in [0.15, 0.2) is 48.2 Å². The molecule has 2 aromatic rings. The molecule has 8 nitrogen and oxygen atoms in total. The van der Waals surface area contributed by atoms with Crippen molar-refractivity contribution >= 4 is 17.4 Å². The minimum atomic E-state index is -0.738. The van der Waals surface area contributed by atoms with Crippen LogP contribution in [0, 0.1) is 6.92 Å². The molecule has 2 aliphatic rings. The number of carbonyl (C=O) groups is 2. The maximum absolute atomic E-state index is 13.1. The molecule has 1 atom stereocenters. The van der Waals surface area contributed by atoms with Gasteiger partial charge in [-0.05, 0) is 49.2 Å². The van der Waals surface area contributed by atoms with Crippen molar-refractivity contribution in [2.24, 2.45) is 0 Å². The van der Waals surface area contributed by atoms with Gasteiger partial charge in [0, 0.05) is 37.9 Å². The second kappa shape index (κ2) is 10.1. The van der Waals surface area contributed by atoms with Crippen LogP contribution in [0.2, 0.25) is 0 Å². The molecule has 2 aliphatic heterocycles. The lowest BCUT2D eigenvalue weighted by Gasteiger charge is -2.28. The molecule has 0 bridgehead atoms. The molecule has 4 rings (SSSR count). The fourth-order valence-electron chi connectivity index (χ4n) is 4.43. The van der Waals surface area contributed by atoms with Crippen molar-refractivity contribution in [1.82, 2.24) is 14.8 Å². The number of pyridine rings is 1. The van der Waals surface area contributed by atoms with Gasteiger partial charge in [-0.15, -0.1) is 0 Å². The number of aromatic nitrogens is 1. The van der Waals surface area contributed by atoms with E-state index in [2.05, 4.69) is 9.88 Å². The van der Waals surface area contributed by atoms with E-state index in [9.17, 15) is 14.7 Å². The lowest BCUT2D eigenvalue weighted by atomic mass is 9.97. The Labute approximate surface area is 193 Å². The standard InChI is InChI=1S/C25H29N3O5/c1-17-16-18(7-8-20(17)32-2)23(29)21-22(19-6-3-4-9-26-19)28(25(31)24(21)30)11-5-10-27-12-14-33-15-13-27/h3-4,6-9,16,22,29H,5,10-15H2,1-2H3/b23-21-. The Morgan fingerprint density at radius 2 is 1.97 bits per heavy atom. The van der Waals surface area contributed by atoms with Crippen molar-refractivity contribution in [2.75, 3.05) is 46.5 Å². The third-order valence-corrected chi connectivity index (χ3v) is 6.15. The fourth-order valence-corrected chi connectivity index (χ4v) is 4.43. The Balaban J connectivity index is 1.66. The average Bonchev–Trinajstić information content (AvgIpc) is 3.10. The number of benzene rings is 1. The van der Waals surface area contributed by atoms with Gasteiger partial charge in [0.05, 0.1) is 31.6 Å². The number of ketones is 1. The van der Waals surface area contributed by atoms with E-state index < -0.39 is 17.7 Å². The van der Waals surface area contributed by atoms with Crippen LogP contribution in [-0.4, -0.2) is 78.1 Å². The average molecular weight is 452 g/mol. The van der Waals surface area contributed by atoms with Crippen molar-refractivity contribution in [1.29, 1.82) is 0 Å². The molecule has 174 valence electrons. The van der Waals surface area contributed by atoms with Crippen molar-refractivity contribution < 1.29 is 24.2 Å². The largest absolute Gasteiger partial charge is 0.507 e. The first-order valence-corrected chi connectivity index (χ1v) is 11.2. The van der Waals surface area contributed by atoms with Gasteiger partial charge in [-0.1, -0.05) is 6.07 Å². The van der Waals surface area contributed by atoms with Gasteiger partial charge >= 0.3 is 0 Å². The molecular formula is C25H29N3O5. The topological polar surface area (TPSA) is 92.2 Å². The van der Waals surface area contributed by atoms with E-state index >= 15 is 0 Å². The first-order valence-electron chi connectivity index (χ1n) is 11.2. The predicted octanol–water partition coefficient (Wildman–Crippen LogP) is 2.54. The number of ether oxygens (including phenoxy) is 2. The quantitative estimate of drug-likeness (QED) is 0.393. The zero-order chi connectivity index (χ0) is 23.4. The lowest BCUT2D eigenvalue weighted by molar-refractivity contribution is -0.140. The smallest absolute Gasteiger partial charge is 0.295 e. The predicted molar refractivity (Wildman–Crippen MR) is 123 cm³/mol. The highest BCUT2D eigenvalue weighted by Crippen LogP contribution is 2.39. The molecule has 0 saturated carbocycles. The van der Waals surface area contributed by atoms with Crippen LogP contribution in [0.25, 0.3) is 5.76 Å². The SMILES string of the molecule is COc1ccc(/C(O)=C2/C(=O)C(=O)N(CCCN3CCOCC3)C2c2ccccn2)cc1C. The number of carbonyl (C=O) groups excluding carboxylic acids is 2. The Kier molecular flexibility index (Phi) is 7.05. The maximum Gasteiger partial charge on any atom is 0.295 e. The number of nitrogens with zero attached hydrogens (tertiary/aromatic N) is 3. The summed E-state index contributed by atoms with van der Waals surface area (Å²) in [4.78, 5) is 34.4. The minimum Gasteiger partial charge on any atom is -0.507 e. The lowest BCUT2D eigenvalue weighted by Crippen LogP contribution is -2.39. The number of morpholine rings is 1. The van der Waals surface area contributed by atoms with Crippen LogP contribution in [0.3, 0.4) is 0 Å². The number of aliphatic hydroxyl groups excluding tert-OH is 1. The molecule has 0 spiro atoms. The number of aliphatic hydroxyl groups is 1. The van der Waals surface area contributed by atoms with Gasteiger partial charge in [-0.2, -0.15) is 0 Å². The Hall–Kier alpha value is -3.23. The molecule has 1 N–H and O–H groups in total. The Bertz CT molecular complexity index is 1050. The molecule has 3 heterocycles. The first-order chi connectivity index (χ1) is 16.0. The van der Waals surface area contributed by atoms with Gasteiger partial charge in [0.15, 0.2) is 0 Å². The molecule has 0 aliphatic carbocycles.